The molecule has 3 heterocycles. The summed E-state index contributed by atoms with van der Waals surface area (Å²) in [6.45, 7) is 6.43. The van der Waals surface area contributed by atoms with Crippen LogP contribution in [0.1, 0.15) is 40.3 Å². The molecule has 1 N–H and O–H groups in total. The van der Waals surface area contributed by atoms with Gasteiger partial charge in [0.25, 0.3) is 0 Å². The third kappa shape index (κ3) is 3.84. The highest BCUT2D eigenvalue weighted by Gasteiger charge is 2.42. The van der Waals surface area contributed by atoms with Crippen LogP contribution in [0, 0.1) is 20.8 Å². The van der Waals surface area contributed by atoms with E-state index < -0.39 is 0 Å². The molecule has 2 aromatic carbocycles. The number of benzene rings is 2. The van der Waals surface area contributed by atoms with E-state index in [1.165, 1.54) is 22.5 Å². The molecule has 0 bridgehead atoms. The zero-order valence-electron chi connectivity index (χ0n) is 19.8. The van der Waals surface area contributed by atoms with Crippen molar-refractivity contribution in [3.63, 3.8) is 0 Å². The smallest absolute Gasteiger partial charge is 0.174 e. The molecule has 4 aromatic rings. The van der Waals surface area contributed by atoms with E-state index in [0.29, 0.717) is 5.11 Å². The summed E-state index contributed by atoms with van der Waals surface area (Å²) in [4.78, 5) is 6.92. The van der Waals surface area contributed by atoms with E-state index in [4.69, 9.17) is 17.0 Å². The SMILES string of the molecule is COc1ccc(-n2c(C)cc([C@@H]3[C@@H](c4ccccn4)NC(=S)N3c3cccc(C)c3)c2C)cc1. The first-order chi connectivity index (χ1) is 16.5. The maximum Gasteiger partial charge on any atom is 0.174 e. The number of ether oxygens (including phenoxy) is 1. The molecule has 1 fully saturated rings. The summed E-state index contributed by atoms with van der Waals surface area (Å²) >= 11 is 5.89. The fourth-order valence-corrected chi connectivity index (χ4v) is 5.29. The van der Waals surface area contributed by atoms with E-state index >= 15 is 0 Å². The van der Waals surface area contributed by atoms with Crippen LogP contribution < -0.4 is 15.0 Å². The van der Waals surface area contributed by atoms with E-state index in [1.54, 1.807) is 7.11 Å². The van der Waals surface area contributed by atoms with E-state index in [9.17, 15) is 0 Å². The third-order valence-electron chi connectivity index (χ3n) is 6.50. The Labute approximate surface area is 206 Å². The number of thiocarbonyl (C=S) groups is 1. The van der Waals surface area contributed by atoms with Crippen molar-refractivity contribution in [2.45, 2.75) is 32.9 Å². The summed E-state index contributed by atoms with van der Waals surface area (Å²) in [6, 6.07) is 24.9. The zero-order valence-corrected chi connectivity index (χ0v) is 20.6. The number of pyridine rings is 1. The Hall–Kier alpha value is -3.64. The van der Waals surface area contributed by atoms with Crippen molar-refractivity contribution < 1.29 is 4.74 Å². The summed E-state index contributed by atoms with van der Waals surface area (Å²) in [5.41, 5.74) is 7.92. The van der Waals surface area contributed by atoms with Crippen LogP contribution in [0.2, 0.25) is 0 Å². The summed E-state index contributed by atoms with van der Waals surface area (Å²) in [5.74, 6) is 0.845. The normalized spacial score (nSPS) is 17.6. The van der Waals surface area contributed by atoms with Crippen LogP contribution in [0.15, 0.2) is 79.0 Å². The molecule has 0 amide bonds. The maximum atomic E-state index is 5.89. The van der Waals surface area contributed by atoms with Gasteiger partial charge in [0.2, 0.25) is 0 Å². The lowest BCUT2D eigenvalue weighted by Gasteiger charge is -2.28. The molecule has 0 radical (unpaired) electrons. The Morgan fingerprint density at radius 3 is 2.38 bits per heavy atom. The van der Waals surface area contributed by atoms with Gasteiger partial charge in [-0.3, -0.25) is 4.98 Å². The van der Waals surface area contributed by atoms with Gasteiger partial charge in [-0.05, 0) is 98.7 Å². The van der Waals surface area contributed by atoms with Crippen molar-refractivity contribution in [2.75, 3.05) is 12.0 Å². The van der Waals surface area contributed by atoms with Gasteiger partial charge in [-0.2, -0.15) is 0 Å². The van der Waals surface area contributed by atoms with Gasteiger partial charge in [0.1, 0.15) is 5.75 Å². The Morgan fingerprint density at radius 2 is 1.71 bits per heavy atom. The van der Waals surface area contributed by atoms with Crippen molar-refractivity contribution in [3.8, 4) is 11.4 Å². The lowest BCUT2D eigenvalue weighted by Crippen LogP contribution is -2.29. The monoisotopic (exact) mass is 468 g/mol. The van der Waals surface area contributed by atoms with Crippen molar-refractivity contribution in [1.82, 2.24) is 14.9 Å². The number of hydrogen-bond donors (Lipinski definition) is 1. The van der Waals surface area contributed by atoms with Crippen LogP contribution in [-0.4, -0.2) is 21.8 Å². The molecular weight excluding hydrogens is 440 g/mol. The molecule has 5 nitrogen and oxygen atoms in total. The number of aryl methyl sites for hydroxylation is 2. The Kier molecular flexibility index (Phi) is 5.84. The Bertz CT molecular complexity index is 1330. The van der Waals surface area contributed by atoms with Crippen molar-refractivity contribution in [2.24, 2.45) is 0 Å². The van der Waals surface area contributed by atoms with Gasteiger partial charge in [0.05, 0.1) is 24.9 Å². The molecule has 2 atom stereocenters. The van der Waals surface area contributed by atoms with Gasteiger partial charge >= 0.3 is 0 Å². The molecule has 5 rings (SSSR count). The van der Waals surface area contributed by atoms with Crippen molar-refractivity contribution in [3.05, 3.63) is 107 Å². The van der Waals surface area contributed by atoms with E-state index in [-0.39, 0.29) is 12.1 Å². The van der Waals surface area contributed by atoms with E-state index in [1.807, 2.05) is 30.5 Å². The average molecular weight is 469 g/mol. The molecule has 6 heteroatoms. The third-order valence-corrected chi connectivity index (χ3v) is 6.81. The van der Waals surface area contributed by atoms with Gasteiger partial charge in [-0.15, -0.1) is 0 Å². The molecule has 172 valence electrons. The predicted molar refractivity (Wildman–Crippen MR) is 141 cm³/mol. The predicted octanol–water partition coefficient (Wildman–Crippen LogP) is 5.98. The number of nitrogens with zero attached hydrogens (tertiary/aromatic N) is 3. The maximum absolute atomic E-state index is 5.89. The number of anilines is 1. The van der Waals surface area contributed by atoms with Crippen LogP contribution in [0.25, 0.3) is 5.69 Å². The van der Waals surface area contributed by atoms with Gasteiger partial charge in [0, 0.05) is 29.0 Å². The average Bonchev–Trinajstić information content (AvgIpc) is 3.35. The molecule has 0 aliphatic carbocycles. The van der Waals surface area contributed by atoms with Crippen LogP contribution in [0.4, 0.5) is 5.69 Å². The highest BCUT2D eigenvalue weighted by molar-refractivity contribution is 7.80. The second-order valence-electron chi connectivity index (χ2n) is 8.70. The molecule has 1 aliphatic rings. The standard InChI is InChI=1S/C28H28N4OS/c1-18-8-7-9-22(16-18)32-27(26(30-28(32)34)25-10-5-6-15-29-25)24-17-19(2)31(20(24)3)21-11-13-23(33-4)14-12-21/h5-17,26-27H,1-4H3,(H,30,34)/t26-,27-/m1/s1. The number of hydrogen-bond acceptors (Lipinski definition) is 3. The van der Waals surface area contributed by atoms with Crippen LogP contribution in [0.3, 0.4) is 0 Å². The number of aromatic nitrogens is 2. The molecule has 2 aromatic heterocycles. The molecule has 0 saturated carbocycles. The number of methoxy groups -OCH3 is 1. The second-order valence-corrected chi connectivity index (χ2v) is 9.08. The molecule has 34 heavy (non-hydrogen) atoms. The molecular formula is C28H28N4OS. The van der Waals surface area contributed by atoms with Crippen LogP contribution in [0.5, 0.6) is 5.75 Å². The first kappa shape index (κ1) is 22.2. The second kappa shape index (κ2) is 8.95. The molecule has 0 spiro atoms. The first-order valence-electron chi connectivity index (χ1n) is 11.4. The van der Waals surface area contributed by atoms with E-state index in [0.717, 1.165) is 22.8 Å². The minimum Gasteiger partial charge on any atom is -0.497 e. The van der Waals surface area contributed by atoms with Crippen LogP contribution in [-0.2, 0) is 0 Å². The highest BCUT2D eigenvalue weighted by atomic mass is 32.1. The summed E-state index contributed by atoms with van der Waals surface area (Å²) < 4.78 is 7.65. The minimum atomic E-state index is -0.0703. The largest absolute Gasteiger partial charge is 0.497 e. The molecule has 0 unspecified atom stereocenters. The van der Waals surface area contributed by atoms with Gasteiger partial charge in [-0.25, -0.2) is 0 Å². The number of nitrogens with one attached hydrogen (secondary N) is 1. The number of rotatable bonds is 5. The zero-order chi connectivity index (χ0) is 23.8. The van der Waals surface area contributed by atoms with Gasteiger partial charge < -0.3 is 19.5 Å². The Balaban J connectivity index is 1.66. The topological polar surface area (TPSA) is 42.3 Å². The van der Waals surface area contributed by atoms with Crippen molar-refractivity contribution in [1.29, 1.82) is 0 Å². The molecule has 1 aliphatic heterocycles. The van der Waals surface area contributed by atoms with Gasteiger partial charge in [0.15, 0.2) is 5.11 Å². The van der Waals surface area contributed by atoms with Crippen LogP contribution >= 0.6 is 12.2 Å². The fraction of sp³-hybridized carbons (Fsp3) is 0.214. The minimum absolute atomic E-state index is 0.0394. The first-order valence-corrected chi connectivity index (χ1v) is 11.8. The van der Waals surface area contributed by atoms with Crippen molar-refractivity contribution >= 4 is 23.0 Å². The lowest BCUT2D eigenvalue weighted by molar-refractivity contribution is 0.414. The molecule has 1 saturated heterocycles. The fourth-order valence-electron chi connectivity index (χ4n) is 4.94. The summed E-state index contributed by atoms with van der Waals surface area (Å²) in [6.07, 6.45) is 1.84. The summed E-state index contributed by atoms with van der Waals surface area (Å²) in [7, 11) is 1.69. The van der Waals surface area contributed by atoms with E-state index in [2.05, 4.69) is 89.1 Å². The Morgan fingerprint density at radius 1 is 0.912 bits per heavy atom. The quantitative estimate of drug-likeness (QED) is 0.365. The summed E-state index contributed by atoms with van der Waals surface area (Å²) in [5, 5.41) is 4.28. The van der Waals surface area contributed by atoms with Gasteiger partial charge in [-0.1, -0.05) is 18.2 Å². The highest BCUT2D eigenvalue weighted by Crippen LogP contribution is 2.43. The lowest BCUT2D eigenvalue weighted by atomic mass is 9.96.